The zero-order chi connectivity index (χ0) is 34.0. The largest absolute Gasteiger partial charge is 0.472 e. The lowest BCUT2D eigenvalue weighted by atomic mass is 10.1. The van der Waals surface area contributed by atoms with Crippen molar-refractivity contribution in [3.63, 3.8) is 0 Å². The fourth-order valence-electron chi connectivity index (χ4n) is 5.08. The number of carbonyl (C=O) groups is 2. The maximum absolute atomic E-state index is 12.0. The molecule has 0 bridgehead atoms. The molecule has 0 saturated carbocycles. The van der Waals surface area contributed by atoms with E-state index in [0.29, 0.717) is 6.42 Å². The molecule has 0 radical (unpaired) electrons. The van der Waals surface area contributed by atoms with Gasteiger partial charge in [-0.1, -0.05) is 135 Å². The van der Waals surface area contributed by atoms with Crippen molar-refractivity contribution >= 4 is 19.7 Å². The van der Waals surface area contributed by atoms with Crippen LogP contribution in [0, 0.1) is 0 Å². The molecule has 0 spiro atoms. The van der Waals surface area contributed by atoms with Crippen LogP contribution in [0.25, 0.3) is 0 Å². The van der Waals surface area contributed by atoms with Gasteiger partial charge in [0.25, 0.3) is 0 Å². The molecular weight excluding hydrogens is 605 g/mol. The quantitative estimate of drug-likeness (QED) is 0.0262. The molecule has 0 saturated heterocycles. The van der Waals surface area contributed by atoms with E-state index in [9.17, 15) is 24.2 Å². The third-order valence-electron chi connectivity index (χ3n) is 7.95. The predicted octanol–water partition coefficient (Wildman–Crippen LogP) is 9.49. The summed E-state index contributed by atoms with van der Waals surface area (Å²) >= 11 is 0. The lowest BCUT2D eigenvalue weighted by Gasteiger charge is -2.15. The van der Waals surface area contributed by atoms with E-state index < -0.39 is 26.5 Å². The molecule has 0 aromatic heterocycles. The van der Waals surface area contributed by atoms with E-state index in [4.69, 9.17) is 13.8 Å². The van der Waals surface area contributed by atoms with Gasteiger partial charge in [-0.25, -0.2) is 4.57 Å². The average molecular weight is 676 g/mol. The number of amides is 1. The van der Waals surface area contributed by atoms with Crippen molar-refractivity contribution in [3.8, 4) is 0 Å². The van der Waals surface area contributed by atoms with Crippen molar-refractivity contribution in [3.05, 3.63) is 12.2 Å². The molecular formula is C36H70NO8P. The zero-order valence-corrected chi connectivity index (χ0v) is 30.4. The fraction of sp³-hybridized carbons (Fsp3) is 0.889. The fourth-order valence-corrected chi connectivity index (χ4v) is 5.84. The second kappa shape index (κ2) is 33.6. The Balaban J connectivity index is 3.63. The topological polar surface area (TPSA) is 131 Å². The third-order valence-corrected chi connectivity index (χ3v) is 8.93. The van der Waals surface area contributed by atoms with Crippen LogP contribution in [0.5, 0.6) is 0 Å². The van der Waals surface area contributed by atoms with Gasteiger partial charge in [0.15, 0.2) is 0 Å². The summed E-state index contributed by atoms with van der Waals surface area (Å²) < 4.78 is 26.7. The molecule has 3 N–H and O–H groups in total. The molecule has 0 fully saturated rings. The van der Waals surface area contributed by atoms with Gasteiger partial charge in [-0.3, -0.25) is 18.6 Å². The first-order valence-corrected chi connectivity index (χ1v) is 20.2. The van der Waals surface area contributed by atoms with E-state index in [-0.39, 0.29) is 32.1 Å². The molecule has 2 atom stereocenters. The molecule has 0 heterocycles. The standard InChI is InChI=1S/C36H70NO8P/c1-3-5-7-9-11-13-15-16-17-19-20-22-24-26-28-35(39)37-30-31-44-46(41,42)45-33-34(38)32-43-36(40)29-27-25-23-21-18-14-12-10-8-6-4-2/h15-16,34,38H,3-14,17-33H2,1-2H3,(H,37,39)(H,41,42)/b16-15-. The van der Waals surface area contributed by atoms with Gasteiger partial charge in [-0.05, 0) is 38.5 Å². The Bertz CT molecular complexity index is 779. The molecule has 0 aromatic carbocycles. The summed E-state index contributed by atoms with van der Waals surface area (Å²) in [5.41, 5.74) is 0. The maximum atomic E-state index is 12.0. The van der Waals surface area contributed by atoms with Gasteiger partial charge in [0.05, 0.1) is 13.2 Å². The van der Waals surface area contributed by atoms with Crippen molar-refractivity contribution in [1.82, 2.24) is 5.32 Å². The van der Waals surface area contributed by atoms with E-state index in [1.807, 2.05) is 0 Å². The van der Waals surface area contributed by atoms with Gasteiger partial charge in [-0.15, -0.1) is 0 Å². The summed E-state index contributed by atoms with van der Waals surface area (Å²) in [4.78, 5) is 33.7. The van der Waals surface area contributed by atoms with Gasteiger partial charge in [0.1, 0.15) is 12.7 Å². The maximum Gasteiger partial charge on any atom is 0.472 e. The van der Waals surface area contributed by atoms with Crippen LogP contribution in [-0.4, -0.2) is 54.3 Å². The number of unbranched alkanes of at least 4 members (excludes halogenated alkanes) is 20. The Morgan fingerprint density at radius 3 is 1.63 bits per heavy atom. The number of rotatable bonds is 35. The van der Waals surface area contributed by atoms with Gasteiger partial charge in [-0.2, -0.15) is 0 Å². The van der Waals surface area contributed by atoms with Crippen molar-refractivity contribution in [1.29, 1.82) is 0 Å². The SMILES string of the molecule is CCCCCCC/C=C\CCCCCCCC(=O)NCCOP(=O)(O)OCC(O)COC(=O)CCCCCCCCCCCCC. The van der Waals surface area contributed by atoms with Crippen LogP contribution in [0.1, 0.15) is 174 Å². The summed E-state index contributed by atoms with van der Waals surface area (Å²) in [7, 11) is -4.40. The highest BCUT2D eigenvalue weighted by atomic mass is 31.2. The number of carbonyl (C=O) groups excluding carboxylic acids is 2. The van der Waals surface area contributed by atoms with Crippen LogP contribution < -0.4 is 5.32 Å². The second-order valence-corrected chi connectivity index (χ2v) is 14.0. The molecule has 1 amide bonds. The third kappa shape index (κ3) is 34.1. The molecule has 0 rings (SSSR count). The summed E-state index contributed by atoms with van der Waals surface area (Å²) in [6.45, 7) is 3.52. The Kier molecular flexibility index (Phi) is 32.7. The number of hydrogen-bond donors (Lipinski definition) is 3. The molecule has 0 aliphatic rings. The smallest absolute Gasteiger partial charge is 0.463 e. The monoisotopic (exact) mass is 675 g/mol. The van der Waals surface area contributed by atoms with Crippen molar-refractivity contribution in [2.45, 2.75) is 180 Å². The number of hydrogen-bond acceptors (Lipinski definition) is 7. The minimum atomic E-state index is -4.40. The first-order chi connectivity index (χ1) is 22.3. The number of aliphatic hydroxyl groups is 1. The van der Waals surface area contributed by atoms with Crippen LogP contribution in [0.15, 0.2) is 12.2 Å². The molecule has 272 valence electrons. The second-order valence-electron chi connectivity index (χ2n) is 12.6. The molecule has 46 heavy (non-hydrogen) atoms. The lowest BCUT2D eigenvalue weighted by Crippen LogP contribution is -2.27. The van der Waals surface area contributed by atoms with Crippen LogP contribution >= 0.6 is 7.82 Å². The highest BCUT2D eigenvalue weighted by Gasteiger charge is 2.23. The minimum absolute atomic E-state index is 0.0803. The van der Waals surface area contributed by atoms with E-state index in [1.165, 1.54) is 103 Å². The lowest BCUT2D eigenvalue weighted by molar-refractivity contribution is -0.147. The molecule has 0 aliphatic heterocycles. The summed E-state index contributed by atoms with van der Waals surface area (Å²) in [5, 5.41) is 12.6. The van der Waals surface area contributed by atoms with E-state index in [2.05, 4.69) is 31.3 Å². The Morgan fingerprint density at radius 1 is 0.652 bits per heavy atom. The van der Waals surface area contributed by atoms with Crippen molar-refractivity contribution in [2.24, 2.45) is 0 Å². The number of phosphoric acid groups is 1. The average Bonchev–Trinajstić information content (AvgIpc) is 3.04. The molecule has 9 nitrogen and oxygen atoms in total. The zero-order valence-electron chi connectivity index (χ0n) is 29.5. The highest BCUT2D eigenvalue weighted by molar-refractivity contribution is 7.47. The van der Waals surface area contributed by atoms with Crippen LogP contribution in [-0.2, 0) is 27.9 Å². The number of allylic oxidation sites excluding steroid dienone is 2. The van der Waals surface area contributed by atoms with Crippen molar-refractivity contribution < 1.29 is 37.9 Å². The first-order valence-electron chi connectivity index (χ1n) is 18.7. The Hall–Kier alpha value is -1.25. The van der Waals surface area contributed by atoms with Gasteiger partial charge in [0, 0.05) is 19.4 Å². The van der Waals surface area contributed by atoms with Crippen LogP contribution in [0.3, 0.4) is 0 Å². The Labute approximate surface area is 281 Å². The summed E-state index contributed by atoms with van der Waals surface area (Å²) in [5.74, 6) is -0.523. The van der Waals surface area contributed by atoms with Gasteiger partial charge >= 0.3 is 13.8 Å². The molecule has 10 heteroatoms. The highest BCUT2D eigenvalue weighted by Crippen LogP contribution is 2.42. The molecule has 2 unspecified atom stereocenters. The van der Waals surface area contributed by atoms with E-state index >= 15 is 0 Å². The number of ether oxygens (including phenoxy) is 1. The molecule has 0 aliphatic carbocycles. The summed E-state index contributed by atoms with van der Waals surface area (Å²) in [6, 6.07) is 0. The Morgan fingerprint density at radius 2 is 1.11 bits per heavy atom. The number of phosphoric ester groups is 1. The number of nitrogens with one attached hydrogen (secondary N) is 1. The van der Waals surface area contributed by atoms with E-state index in [0.717, 1.165) is 44.9 Å². The molecule has 0 aromatic rings. The normalized spacial score (nSPS) is 13.6. The van der Waals surface area contributed by atoms with E-state index in [1.54, 1.807) is 0 Å². The predicted molar refractivity (Wildman–Crippen MR) is 188 cm³/mol. The van der Waals surface area contributed by atoms with Crippen molar-refractivity contribution in [2.75, 3.05) is 26.4 Å². The first kappa shape index (κ1) is 44.8. The number of esters is 1. The minimum Gasteiger partial charge on any atom is -0.463 e. The van der Waals surface area contributed by atoms with Gasteiger partial charge < -0.3 is 20.1 Å². The van der Waals surface area contributed by atoms with Crippen LogP contribution in [0.2, 0.25) is 0 Å². The summed E-state index contributed by atoms with van der Waals surface area (Å²) in [6.07, 6.45) is 31.4. The number of aliphatic hydroxyl groups excluding tert-OH is 1. The van der Waals surface area contributed by atoms with Crippen LogP contribution in [0.4, 0.5) is 0 Å². The van der Waals surface area contributed by atoms with Gasteiger partial charge in [0.2, 0.25) is 5.91 Å².